The lowest BCUT2D eigenvalue weighted by molar-refractivity contribution is 0.0523. The van der Waals surface area contributed by atoms with Crippen LogP contribution in [0.5, 0.6) is 0 Å². The molecule has 0 N–H and O–H groups in total. The topological polar surface area (TPSA) is 60.8 Å². The summed E-state index contributed by atoms with van der Waals surface area (Å²) < 4.78 is 12.2. The number of carbonyl (C=O) groups is 2. The highest BCUT2D eigenvalue weighted by atomic mass is 16.5. The Balaban J connectivity index is 2.59. The molecule has 1 aromatic rings. The van der Waals surface area contributed by atoms with E-state index in [1.165, 1.54) is 0 Å². The molecular weight excluding hydrogens is 296 g/mol. The summed E-state index contributed by atoms with van der Waals surface area (Å²) in [6.07, 6.45) is 3.11. The highest BCUT2D eigenvalue weighted by molar-refractivity contribution is 6.12. The standard InChI is InChI=1S/C17H24N2O4/c1-6-23-17(21)14-11(2)19(10-22-5)15-13(14)8-7-12(16(15)20)9-18(3)4/h9H,6-8,10H2,1-5H3/b12-9+. The Morgan fingerprint density at radius 3 is 2.61 bits per heavy atom. The zero-order valence-electron chi connectivity index (χ0n) is 14.4. The molecule has 0 saturated carbocycles. The van der Waals surface area contributed by atoms with Gasteiger partial charge in [0.1, 0.15) is 6.73 Å². The van der Waals surface area contributed by atoms with Gasteiger partial charge in [-0.1, -0.05) is 0 Å². The fourth-order valence-electron chi connectivity index (χ4n) is 3.03. The number of Topliss-reactive ketones (excluding diaryl/α,β-unsaturated/α-hetero) is 1. The molecule has 1 aliphatic carbocycles. The van der Waals surface area contributed by atoms with Crippen LogP contribution in [0.15, 0.2) is 11.8 Å². The van der Waals surface area contributed by atoms with E-state index >= 15 is 0 Å². The molecule has 0 aliphatic heterocycles. The lowest BCUT2D eigenvalue weighted by Crippen LogP contribution is -2.21. The first-order valence-corrected chi connectivity index (χ1v) is 7.72. The van der Waals surface area contributed by atoms with Crippen molar-refractivity contribution in [1.29, 1.82) is 0 Å². The molecule has 6 heteroatoms. The van der Waals surface area contributed by atoms with Crippen molar-refractivity contribution in [2.75, 3.05) is 27.8 Å². The van der Waals surface area contributed by atoms with Crippen LogP contribution in [0.25, 0.3) is 0 Å². The van der Waals surface area contributed by atoms with Crippen LogP contribution in [0.2, 0.25) is 0 Å². The average Bonchev–Trinajstić information content (AvgIpc) is 2.76. The number of hydrogen-bond donors (Lipinski definition) is 0. The van der Waals surface area contributed by atoms with E-state index in [0.717, 1.165) is 16.8 Å². The van der Waals surface area contributed by atoms with Crippen molar-refractivity contribution in [2.24, 2.45) is 0 Å². The predicted octanol–water partition coefficient (Wildman–Crippen LogP) is 2.15. The molecular formula is C17H24N2O4. The van der Waals surface area contributed by atoms with Gasteiger partial charge >= 0.3 is 5.97 Å². The van der Waals surface area contributed by atoms with Gasteiger partial charge in [0.05, 0.1) is 17.9 Å². The second kappa shape index (κ2) is 7.00. The molecule has 1 heterocycles. The predicted molar refractivity (Wildman–Crippen MR) is 86.6 cm³/mol. The number of ether oxygens (including phenoxy) is 2. The first kappa shape index (κ1) is 17.3. The number of aromatic nitrogens is 1. The first-order valence-electron chi connectivity index (χ1n) is 7.72. The van der Waals surface area contributed by atoms with Gasteiger partial charge in [-0.25, -0.2) is 4.79 Å². The van der Waals surface area contributed by atoms with Crippen LogP contribution >= 0.6 is 0 Å². The molecule has 1 aromatic heterocycles. The highest BCUT2D eigenvalue weighted by Crippen LogP contribution is 2.33. The third kappa shape index (κ3) is 3.17. The Morgan fingerprint density at radius 2 is 2.04 bits per heavy atom. The molecule has 1 aliphatic rings. The summed E-state index contributed by atoms with van der Waals surface area (Å²) in [5, 5.41) is 0. The van der Waals surface area contributed by atoms with Crippen LogP contribution in [0.3, 0.4) is 0 Å². The number of hydrogen-bond acceptors (Lipinski definition) is 5. The van der Waals surface area contributed by atoms with Crippen molar-refractivity contribution in [1.82, 2.24) is 9.47 Å². The third-order valence-electron chi connectivity index (χ3n) is 3.93. The molecule has 0 fully saturated rings. The van der Waals surface area contributed by atoms with Gasteiger partial charge in [0.25, 0.3) is 0 Å². The number of nitrogens with zero attached hydrogens (tertiary/aromatic N) is 2. The number of allylic oxidation sites excluding steroid dienone is 1. The molecule has 0 radical (unpaired) electrons. The molecule has 0 spiro atoms. The van der Waals surface area contributed by atoms with Gasteiger partial charge in [-0.2, -0.15) is 0 Å². The number of rotatable bonds is 5. The van der Waals surface area contributed by atoms with E-state index in [0.29, 0.717) is 30.7 Å². The van der Waals surface area contributed by atoms with E-state index in [2.05, 4.69) is 0 Å². The van der Waals surface area contributed by atoms with Crippen LogP contribution in [0.4, 0.5) is 0 Å². The Labute approximate surface area is 136 Å². The molecule has 6 nitrogen and oxygen atoms in total. The molecule has 0 amide bonds. The van der Waals surface area contributed by atoms with Gasteiger partial charge < -0.3 is 18.9 Å². The summed E-state index contributed by atoms with van der Waals surface area (Å²) in [6.45, 7) is 4.14. The first-order chi connectivity index (χ1) is 10.9. The van der Waals surface area contributed by atoms with Crippen molar-refractivity contribution in [3.8, 4) is 0 Å². The number of ketones is 1. The summed E-state index contributed by atoms with van der Waals surface area (Å²) in [6, 6.07) is 0. The molecule has 0 saturated heterocycles. The van der Waals surface area contributed by atoms with Crippen molar-refractivity contribution in [3.05, 3.63) is 34.3 Å². The smallest absolute Gasteiger partial charge is 0.340 e. The minimum Gasteiger partial charge on any atom is -0.462 e. The number of methoxy groups -OCH3 is 1. The zero-order chi connectivity index (χ0) is 17.1. The fourth-order valence-corrected chi connectivity index (χ4v) is 3.03. The van der Waals surface area contributed by atoms with Gasteiger partial charge in [-0.3, -0.25) is 4.79 Å². The maximum Gasteiger partial charge on any atom is 0.340 e. The maximum atomic E-state index is 12.9. The molecule has 126 valence electrons. The van der Waals surface area contributed by atoms with Crippen molar-refractivity contribution < 1.29 is 19.1 Å². The van der Waals surface area contributed by atoms with Crippen LogP contribution in [-0.2, 0) is 22.6 Å². The van der Waals surface area contributed by atoms with Crippen molar-refractivity contribution in [2.45, 2.75) is 33.4 Å². The molecule has 0 unspecified atom stereocenters. The van der Waals surface area contributed by atoms with Crippen LogP contribution in [0, 0.1) is 6.92 Å². The van der Waals surface area contributed by atoms with E-state index < -0.39 is 0 Å². The fraction of sp³-hybridized carbons (Fsp3) is 0.529. The largest absolute Gasteiger partial charge is 0.462 e. The minimum absolute atomic E-state index is 0.0457. The van der Waals surface area contributed by atoms with Crippen molar-refractivity contribution in [3.63, 3.8) is 0 Å². The van der Waals surface area contributed by atoms with E-state index in [9.17, 15) is 9.59 Å². The Bertz CT molecular complexity index is 656. The molecule has 23 heavy (non-hydrogen) atoms. The average molecular weight is 320 g/mol. The van der Waals surface area contributed by atoms with Crippen molar-refractivity contribution >= 4 is 11.8 Å². The lowest BCUT2D eigenvalue weighted by Gasteiger charge is -2.19. The van der Waals surface area contributed by atoms with E-state index in [-0.39, 0.29) is 18.5 Å². The summed E-state index contributed by atoms with van der Waals surface area (Å²) in [5.41, 5.74) is 3.30. The quantitative estimate of drug-likeness (QED) is 0.614. The SMILES string of the molecule is CCOC(=O)c1c2c(n(COC)c1C)C(=O)/C(=C/N(C)C)CC2. The van der Waals surface area contributed by atoms with Gasteiger partial charge in [0.15, 0.2) is 0 Å². The molecule has 2 rings (SSSR count). The van der Waals surface area contributed by atoms with Gasteiger partial charge in [-0.05, 0) is 32.3 Å². The van der Waals surface area contributed by atoms with E-state index in [4.69, 9.17) is 9.47 Å². The Morgan fingerprint density at radius 1 is 1.35 bits per heavy atom. The number of fused-ring (bicyclic) bond motifs is 1. The van der Waals surface area contributed by atoms with Gasteiger partial charge in [0.2, 0.25) is 5.78 Å². The number of esters is 1. The van der Waals surface area contributed by atoms with Crippen LogP contribution < -0.4 is 0 Å². The van der Waals surface area contributed by atoms with Crippen LogP contribution in [-0.4, -0.2) is 49.0 Å². The summed E-state index contributed by atoms with van der Waals surface area (Å²) in [5.74, 6) is -0.417. The normalized spacial score (nSPS) is 15.7. The van der Waals surface area contributed by atoms with E-state index in [1.54, 1.807) is 18.6 Å². The number of carbonyl (C=O) groups excluding carboxylic acids is 2. The third-order valence-corrected chi connectivity index (χ3v) is 3.93. The van der Waals surface area contributed by atoms with Gasteiger partial charge in [0, 0.05) is 38.7 Å². The monoisotopic (exact) mass is 320 g/mol. The Hall–Kier alpha value is -2.08. The summed E-state index contributed by atoms with van der Waals surface area (Å²) >= 11 is 0. The minimum atomic E-state index is -0.371. The maximum absolute atomic E-state index is 12.9. The lowest BCUT2D eigenvalue weighted by atomic mass is 9.90. The second-order valence-corrected chi connectivity index (χ2v) is 5.80. The second-order valence-electron chi connectivity index (χ2n) is 5.80. The van der Waals surface area contributed by atoms with E-state index in [1.807, 2.05) is 32.1 Å². The summed E-state index contributed by atoms with van der Waals surface area (Å²) in [7, 11) is 5.35. The molecule has 0 bridgehead atoms. The van der Waals surface area contributed by atoms with Crippen LogP contribution in [0.1, 0.15) is 45.4 Å². The summed E-state index contributed by atoms with van der Waals surface area (Å²) in [4.78, 5) is 27.0. The molecule has 0 aromatic carbocycles. The highest BCUT2D eigenvalue weighted by Gasteiger charge is 2.33. The molecule has 0 atom stereocenters. The van der Waals surface area contributed by atoms with Gasteiger partial charge in [-0.15, -0.1) is 0 Å². The zero-order valence-corrected chi connectivity index (χ0v) is 14.4. The Kier molecular flexibility index (Phi) is 5.26.